The van der Waals surface area contributed by atoms with Gasteiger partial charge >= 0.3 is 0 Å². The van der Waals surface area contributed by atoms with E-state index in [1.807, 2.05) is 24.3 Å². The molecule has 0 aromatic heterocycles. The Morgan fingerprint density at radius 2 is 1.78 bits per heavy atom. The van der Waals surface area contributed by atoms with E-state index in [1.165, 1.54) is 11.8 Å². The van der Waals surface area contributed by atoms with Crippen molar-refractivity contribution < 1.29 is 14.3 Å². The van der Waals surface area contributed by atoms with E-state index in [9.17, 15) is 4.79 Å². The van der Waals surface area contributed by atoms with Crippen molar-refractivity contribution in [2.75, 3.05) is 13.2 Å². The zero-order chi connectivity index (χ0) is 13.2. The first-order chi connectivity index (χ1) is 8.46. The Balaban J connectivity index is 2.00. The number of ether oxygens (including phenoxy) is 2. The van der Waals surface area contributed by atoms with E-state index in [1.54, 1.807) is 6.92 Å². The van der Waals surface area contributed by atoms with Gasteiger partial charge in [0, 0.05) is 22.8 Å². The summed E-state index contributed by atoms with van der Waals surface area (Å²) in [6.07, 6.45) is -0.283. The van der Waals surface area contributed by atoms with Gasteiger partial charge in [-0.25, -0.2) is 0 Å². The third-order valence-electron chi connectivity index (χ3n) is 2.66. The minimum absolute atomic E-state index is 0.0842. The molecule has 18 heavy (non-hydrogen) atoms. The van der Waals surface area contributed by atoms with Crippen LogP contribution in [0.5, 0.6) is 0 Å². The van der Waals surface area contributed by atoms with Crippen molar-refractivity contribution in [2.24, 2.45) is 5.41 Å². The average Bonchev–Trinajstić information content (AvgIpc) is 2.30. The van der Waals surface area contributed by atoms with Crippen molar-refractivity contribution >= 4 is 16.9 Å². The van der Waals surface area contributed by atoms with Gasteiger partial charge in [0.25, 0.3) is 0 Å². The highest BCUT2D eigenvalue weighted by Gasteiger charge is 2.29. The Kier molecular flexibility index (Phi) is 4.10. The average molecular weight is 266 g/mol. The maximum Gasteiger partial charge on any atom is 0.190 e. The molecule has 0 atom stereocenters. The van der Waals surface area contributed by atoms with Crippen LogP contribution >= 0.6 is 11.8 Å². The lowest BCUT2D eigenvalue weighted by Gasteiger charge is -2.34. The summed E-state index contributed by atoms with van der Waals surface area (Å²) < 4.78 is 11.4. The molecule has 1 aromatic carbocycles. The molecule has 1 saturated heterocycles. The fourth-order valence-corrected chi connectivity index (χ4v) is 2.35. The van der Waals surface area contributed by atoms with Gasteiger partial charge in [-0.15, -0.1) is 0 Å². The molecule has 4 heteroatoms. The number of hydrogen-bond acceptors (Lipinski definition) is 4. The fraction of sp³-hybridized carbons (Fsp3) is 0.500. The molecule has 0 spiro atoms. The zero-order valence-corrected chi connectivity index (χ0v) is 11.8. The quantitative estimate of drug-likeness (QED) is 0.769. The summed E-state index contributed by atoms with van der Waals surface area (Å²) >= 11 is 1.23. The highest BCUT2D eigenvalue weighted by atomic mass is 32.2. The molecule has 0 unspecified atom stereocenters. The summed E-state index contributed by atoms with van der Waals surface area (Å²) in [5.74, 6) is 0. The van der Waals surface area contributed by atoms with Crippen LogP contribution in [0.15, 0.2) is 29.2 Å². The van der Waals surface area contributed by atoms with E-state index < -0.39 is 0 Å². The second-order valence-electron chi connectivity index (χ2n) is 5.28. The van der Waals surface area contributed by atoms with Crippen molar-refractivity contribution in [1.29, 1.82) is 0 Å². The second-order valence-corrected chi connectivity index (χ2v) is 6.53. The van der Waals surface area contributed by atoms with Gasteiger partial charge in [0.2, 0.25) is 0 Å². The van der Waals surface area contributed by atoms with Gasteiger partial charge in [0.15, 0.2) is 11.4 Å². The van der Waals surface area contributed by atoms with Crippen molar-refractivity contribution in [3.05, 3.63) is 29.8 Å². The van der Waals surface area contributed by atoms with E-state index in [-0.39, 0.29) is 16.8 Å². The van der Waals surface area contributed by atoms with E-state index in [4.69, 9.17) is 9.47 Å². The molecule has 1 aromatic rings. The molecule has 98 valence electrons. The zero-order valence-electron chi connectivity index (χ0n) is 10.9. The number of carbonyl (C=O) groups excluding carboxylic acids is 1. The van der Waals surface area contributed by atoms with Gasteiger partial charge in [0.05, 0.1) is 13.2 Å². The van der Waals surface area contributed by atoms with Crippen molar-refractivity contribution in [3.63, 3.8) is 0 Å². The predicted octanol–water partition coefficient (Wildman–Crippen LogP) is 3.40. The Bertz CT molecular complexity index is 415. The summed E-state index contributed by atoms with van der Waals surface area (Å²) in [5, 5.41) is 0.0923. The van der Waals surface area contributed by atoms with E-state index in [2.05, 4.69) is 13.8 Å². The Morgan fingerprint density at radius 3 is 2.28 bits per heavy atom. The van der Waals surface area contributed by atoms with E-state index in [0.717, 1.165) is 10.5 Å². The van der Waals surface area contributed by atoms with Crippen molar-refractivity contribution in [1.82, 2.24) is 0 Å². The largest absolute Gasteiger partial charge is 0.348 e. The first kappa shape index (κ1) is 13.6. The van der Waals surface area contributed by atoms with Crippen molar-refractivity contribution in [3.8, 4) is 0 Å². The topological polar surface area (TPSA) is 35.5 Å². The fourth-order valence-electron chi connectivity index (χ4n) is 1.74. The molecule has 1 aliphatic rings. The summed E-state index contributed by atoms with van der Waals surface area (Å²) in [6.45, 7) is 7.20. The molecule has 0 radical (unpaired) electrons. The molecular formula is C14H18O3S. The SMILES string of the molecule is CC(=O)Sc1ccc(C2OCC(C)(C)CO2)cc1. The Hall–Kier alpha value is -0.840. The lowest BCUT2D eigenvalue weighted by atomic mass is 9.95. The lowest BCUT2D eigenvalue weighted by Crippen LogP contribution is -2.33. The summed E-state index contributed by atoms with van der Waals surface area (Å²) in [4.78, 5) is 11.9. The van der Waals surface area contributed by atoms with Gasteiger partial charge in [-0.3, -0.25) is 4.79 Å². The minimum Gasteiger partial charge on any atom is -0.348 e. The summed E-state index contributed by atoms with van der Waals surface area (Å²) in [7, 11) is 0. The Labute approximate surface area is 112 Å². The smallest absolute Gasteiger partial charge is 0.190 e. The van der Waals surface area contributed by atoms with E-state index in [0.29, 0.717) is 13.2 Å². The third kappa shape index (κ3) is 3.57. The number of thioether (sulfide) groups is 1. The second kappa shape index (κ2) is 5.43. The van der Waals surface area contributed by atoms with Crippen molar-refractivity contribution in [2.45, 2.75) is 32.0 Å². The van der Waals surface area contributed by atoms with E-state index >= 15 is 0 Å². The van der Waals surface area contributed by atoms with Gasteiger partial charge < -0.3 is 9.47 Å². The highest BCUT2D eigenvalue weighted by Crippen LogP contribution is 2.31. The molecule has 0 bridgehead atoms. The van der Waals surface area contributed by atoms with Gasteiger partial charge in [0.1, 0.15) is 0 Å². The highest BCUT2D eigenvalue weighted by molar-refractivity contribution is 8.13. The van der Waals surface area contributed by atoms with Gasteiger partial charge in [-0.1, -0.05) is 37.7 Å². The number of benzene rings is 1. The first-order valence-electron chi connectivity index (χ1n) is 5.98. The van der Waals surface area contributed by atoms with Gasteiger partial charge in [-0.05, 0) is 12.1 Å². The summed E-state index contributed by atoms with van der Waals surface area (Å²) in [6, 6.07) is 7.75. The first-order valence-corrected chi connectivity index (χ1v) is 6.79. The molecule has 3 nitrogen and oxygen atoms in total. The van der Waals surface area contributed by atoms with Crippen LogP contribution in [0, 0.1) is 5.41 Å². The predicted molar refractivity (Wildman–Crippen MR) is 71.4 cm³/mol. The standard InChI is InChI=1S/C14H18O3S/c1-10(15)18-12-6-4-11(5-7-12)13-16-8-14(2,3)9-17-13/h4-7,13H,8-9H2,1-3H3. The third-order valence-corrected chi connectivity index (χ3v) is 3.46. The number of hydrogen-bond donors (Lipinski definition) is 0. The monoisotopic (exact) mass is 266 g/mol. The number of carbonyl (C=O) groups is 1. The molecule has 1 heterocycles. The van der Waals surface area contributed by atoms with Crippen LogP contribution in [0.3, 0.4) is 0 Å². The van der Waals surface area contributed by atoms with Crippen LogP contribution < -0.4 is 0 Å². The molecular weight excluding hydrogens is 248 g/mol. The van der Waals surface area contributed by atoms with Crippen LogP contribution in [0.4, 0.5) is 0 Å². The van der Waals surface area contributed by atoms with Crippen LogP contribution in [-0.4, -0.2) is 18.3 Å². The molecule has 0 N–H and O–H groups in total. The molecule has 0 aliphatic carbocycles. The Morgan fingerprint density at radius 1 is 1.22 bits per heavy atom. The minimum atomic E-state index is -0.283. The molecule has 1 aliphatic heterocycles. The van der Waals surface area contributed by atoms with Crippen LogP contribution in [-0.2, 0) is 14.3 Å². The molecule has 1 fully saturated rings. The molecule has 0 saturated carbocycles. The van der Waals surface area contributed by atoms with Crippen LogP contribution in [0.25, 0.3) is 0 Å². The maximum absolute atomic E-state index is 11.0. The number of rotatable bonds is 2. The maximum atomic E-state index is 11.0. The van der Waals surface area contributed by atoms with Crippen LogP contribution in [0.1, 0.15) is 32.6 Å². The summed E-state index contributed by atoms with van der Waals surface area (Å²) in [5.41, 5.74) is 1.08. The van der Waals surface area contributed by atoms with Crippen LogP contribution in [0.2, 0.25) is 0 Å². The molecule has 2 rings (SSSR count). The van der Waals surface area contributed by atoms with Gasteiger partial charge in [-0.2, -0.15) is 0 Å². The molecule has 0 amide bonds. The normalized spacial score (nSPS) is 19.7. The lowest BCUT2D eigenvalue weighted by molar-refractivity contribution is -0.226.